The van der Waals surface area contributed by atoms with E-state index in [1.54, 1.807) is 0 Å². The van der Waals surface area contributed by atoms with Gasteiger partial charge in [-0.25, -0.2) is 4.68 Å². The fourth-order valence-corrected chi connectivity index (χ4v) is 4.35. The standard InChI is InChI=1S/C21H23N5O2S/c1-3-17-23-24-21-26(17)25-18(14-8-6-5-7-9-14)19(29-21)20(27)22-15-10-12-16(13-11-15)28-4-2/h5-13,18-19,25H,3-4H2,1-2H3,(H,22,27)/t18-,19+/m0/s1. The quantitative estimate of drug-likeness (QED) is 0.647. The van der Waals surface area contributed by atoms with Crippen molar-refractivity contribution < 1.29 is 9.53 Å². The molecule has 0 radical (unpaired) electrons. The molecule has 4 rings (SSSR count). The van der Waals surface area contributed by atoms with Crippen molar-refractivity contribution in [2.75, 3.05) is 17.3 Å². The number of carbonyl (C=O) groups excluding carboxylic acids is 1. The first-order chi connectivity index (χ1) is 14.2. The Balaban J connectivity index is 1.59. The highest BCUT2D eigenvalue weighted by Gasteiger charge is 2.37. The molecule has 0 unspecified atom stereocenters. The predicted octanol–water partition coefficient (Wildman–Crippen LogP) is 3.64. The van der Waals surface area contributed by atoms with Crippen LogP contribution in [0.2, 0.25) is 0 Å². The maximum Gasteiger partial charge on any atom is 0.240 e. The van der Waals surface area contributed by atoms with Gasteiger partial charge in [0, 0.05) is 12.1 Å². The number of nitrogens with zero attached hydrogens (tertiary/aromatic N) is 3. The Morgan fingerprint density at radius 3 is 2.59 bits per heavy atom. The van der Waals surface area contributed by atoms with Crippen LogP contribution in [0.5, 0.6) is 5.75 Å². The minimum Gasteiger partial charge on any atom is -0.494 e. The van der Waals surface area contributed by atoms with Crippen LogP contribution in [0.3, 0.4) is 0 Å². The van der Waals surface area contributed by atoms with Gasteiger partial charge in [-0.05, 0) is 36.8 Å². The summed E-state index contributed by atoms with van der Waals surface area (Å²) in [6.45, 7) is 4.58. The minimum absolute atomic E-state index is 0.0900. The molecule has 2 atom stereocenters. The molecule has 3 aromatic rings. The lowest BCUT2D eigenvalue weighted by atomic mass is 10.0. The number of hydrogen-bond acceptors (Lipinski definition) is 6. The van der Waals surface area contributed by atoms with Crippen molar-refractivity contribution in [3.8, 4) is 5.75 Å². The molecular formula is C21H23N5O2S. The summed E-state index contributed by atoms with van der Waals surface area (Å²) in [5, 5.41) is 11.8. The number of carbonyl (C=O) groups is 1. The van der Waals surface area contributed by atoms with Gasteiger partial charge in [-0.15, -0.1) is 10.2 Å². The zero-order chi connectivity index (χ0) is 20.2. The second-order valence-electron chi connectivity index (χ2n) is 6.59. The smallest absolute Gasteiger partial charge is 0.240 e. The molecule has 0 saturated heterocycles. The first-order valence-corrected chi connectivity index (χ1v) is 10.5. The van der Waals surface area contributed by atoms with E-state index < -0.39 is 5.25 Å². The second-order valence-corrected chi connectivity index (χ2v) is 7.70. The molecular weight excluding hydrogens is 386 g/mol. The van der Waals surface area contributed by atoms with Gasteiger partial charge in [0.15, 0.2) is 5.82 Å². The Labute approximate surface area is 173 Å². The van der Waals surface area contributed by atoms with E-state index >= 15 is 0 Å². The van der Waals surface area contributed by atoms with Gasteiger partial charge in [0.05, 0.1) is 12.6 Å². The summed E-state index contributed by atoms with van der Waals surface area (Å²) >= 11 is 1.42. The van der Waals surface area contributed by atoms with Crippen molar-refractivity contribution in [1.82, 2.24) is 14.9 Å². The van der Waals surface area contributed by atoms with Crippen molar-refractivity contribution in [1.29, 1.82) is 0 Å². The van der Waals surface area contributed by atoms with Gasteiger partial charge >= 0.3 is 0 Å². The number of thioether (sulfide) groups is 1. The van der Waals surface area contributed by atoms with E-state index in [2.05, 4.69) is 20.9 Å². The molecule has 2 N–H and O–H groups in total. The van der Waals surface area contributed by atoms with E-state index in [1.165, 1.54) is 11.8 Å². The summed E-state index contributed by atoms with van der Waals surface area (Å²) < 4.78 is 7.36. The zero-order valence-corrected chi connectivity index (χ0v) is 17.1. The monoisotopic (exact) mass is 409 g/mol. The first-order valence-electron chi connectivity index (χ1n) is 9.65. The molecule has 8 heteroatoms. The Kier molecular flexibility index (Phi) is 5.71. The number of aromatic nitrogens is 3. The molecule has 0 bridgehead atoms. The number of hydrogen-bond donors (Lipinski definition) is 2. The van der Waals surface area contributed by atoms with Crippen molar-refractivity contribution >= 4 is 23.4 Å². The molecule has 1 amide bonds. The summed E-state index contributed by atoms with van der Waals surface area (Å²) in [7, 11) is 0. The highest BCUT2D eigenvalue weighted by atomic mass is 32.2. The number of ether oxygens (including phenoxy) is 1. The van der Waals surface area contributed by atoms with E-state index in [-0.39, 0.29) is 11.9 Å². The van der Waals surface area contributed by atoms with Gasteiger partial charge in [-0.3, -0.25) is 4.79 Å². The van der Waals surface area contributed by atoms with Crippen molar-refractivity contribution in [2.45, 2.75) is 36.7 Å². The lowest BCUT2D eigenvalue weighted by Crippen LogP contribution is -2.41. The third kappa shape index (κ3) is 4.07. The van der Waals surface area contributed by atoms with Crippen LogP contribution in [-0.2, 0) is 11.2 Å². The Bertz CT molecular complexity index is 974. The third-order valence-corrected chi connectivity index (χ3v) is 5.89. The second kappa shape index (κ2) is 8.57. The molecule has 1 aromatic heterocycles. The molecule has 0 aliphatic carbocycles. The van der Waals surface area contributed by atoms with Crippen LogP contribution in [0.1, 0.15) is 31.3 Å². The lowest BCUT2D eigenvalue weighted by Gasteiger charge is -2.33. The summed E-state index contributed by atoms with van der Waals surface area (Å²) in [6.07, 6.45) is 0.755. The molecule has 150 valence electrons. The van der Waals surface area contributed by atoms with Gasteiger partial charge in [0.25, 0.3) is 0 Å². The van der Waals surface area contributed by atoms with Crippen molar-refractivity contribution in [3.05, 3.63) is 66.0 Å². The first kappa shape index (κ1) is 19.3. The largest absolute Gasteiger partial charge is 0.494 e. The number of rotatable bonds is 6. The van der Waals surface area contributed by atoms with Crippen LogP contribution in [-0.4, -0.2) is 32.6 Å². The van der Waals surface area contributed by atoms with E-state index in [9.17, 15) is 4.79 Å². The highest BCUT2D eigenvalue weighted by Crippen LogP contribution is 2.37. The van der Waals surface area contributed by atoms with Crippen LogP contribution in [0.25, 0.3) is 0 Å². The van der Waals surface area contributed by atoms with Gasteiger partial charge in [0.2, 0.25) is 11.1 Å². The topological polar surface area (TPSA) is 81.1 Å². The van der Waals surface area contributed by atoms with E-state index in [1.807, 2.05) is 73.1 Å². The van der Waals surface area contributed by atoms with Gasteiger partial charge < -0.3 is 15.5 Å². The number of aryl methyl sites for hydroxylation is 1. The van der Waals surface area contributed by atoms with E-state index in [0.29, 0.717) is 11.8 Å². The molecule has 0 saturated carbocycles. The maximum absolute atomic E-state index is 13.2. The molecule has 2 aromatic carbocycles. The minimum atomic E-state index is -0.398. The Morgan fingerprint density at radius 2 is 1.90 bits per heavy atom. The number of amides is 1. The number of anilines is 1. The van der Waals surface area contributed by atoms with Gasteiger partial charge in [-0.2, -0.15) is 0 Å². The molecule has 7 nitrogen and oxygen atoms in total. The van der Waals surface area contributed by atoms with Crippen LogP contribution in [0, 0.1) is 0 Å². The van der Waals surface area contributed by atoms with E-state index in [4.69, 9.17) is 4.74 Å². The third-order valence-electron chi connectivity index (χ3n) is 4.67. The van der Waals surface area contributed by atoms with Crippen molar-refractivity contribution in [3.63, 3.8) is 0 Å². The summed E-state index contributed by atoms with van der Waals surface area (Å²) in [5.74, 6) is 1.54. The molecule has 1 aliphatic rings. The Hall–Kier alpha value is -3.00. The average Bonchev–Trinajstić information content (AvgIpc) is 3.17. The van der Waals surface area contributed by atoms with Crippen molar-refractivity contribution in [2.24, 2.45) is 0 Å². The maximum atomic E-state index is 13.2. The fraction of sp³-hybridized carbons (Fsp3) is 0.286. The predicted molar refractivity (Wildman–Crippen MR) is 114 cm³/mol. The van der Waals surface area contributed by atoms with Crippen LogP contribution in [0.15, 0.2) is 59.8 Å². The summed E-state index contributed by atoms with van der Waals surface area (Å²) in [6, 6.07) is 17.2. The van der Waals surface area contributed by atoms with Gasteiger partial charge in [0.1, 0.15) is 11.0 Å². The molecule has 0 fully saturated rings. The number of fused-ring (bicyclic) bond motifs is 1. The van der Waals surface area contributed by atoms with Gasteiger partial charge in [-0.1, -0.05) is 49.0 Å². The average molecular weight is 410 g/mol. The molecule has 29 heavy (non-hydrogen) atoms. The Morgan fingerprint density at radius 1 is 1.14 bits per heavy atom. The number of nitrogens with one attached hydrogen (secondary N) is 2. The molecule has 2 heterocycles. The zero-order valence-electron chi connectivity index (χ0n) is 16.3. The van der Waals surface area contributed by atoms with Crippen LogP contribution < -0.4 is 15.5 Å². The normalized spacial score (nSPS) is 17.9. The fourth-order valence-electron chi connectivity index (χ4n) is 3.25. The molecule has 1 aliphatic heterocycles. The van der Waals surface area contributed by atoms with E-state index in [0.717, 1.165) is 29.2 Å². The number of benzene rings is 2. The molecule has 0 spiro atoms. The lowest BCUT2D eigenvalue weighted by molar-refractivity contribution is -0.116. The van der Waals surface area contributed by atoms with Crippen LogP contribution in [0.4, 0.5) is 5.69 Å². The SMILES string of the molecule is CCOc1ccc(NC(=O)[C@@H]2Sc3nnc(CC)n3N[C@H]2c2ccccc2)cc1. The summed E-state index contributed by atoms with van der Waals surface area (Å²) in [5.41, 5.74) is 5.21. The van der Waals surface area contributed by atoms with Crippen LogP contribution >= 0.6 is 11.8 Å². The summed E-state index contributed by atoms with van der Waals surface area (Å²) in [4.78, 5) is 13.2. The highest BCUT2D eigenvalue weighted by molar-refractivity contribution is 8.00.